The van der Waals surface area contributed by atoms with Crippen LogP contribution in [0.3, 0.4) is 0 Å². The van der Waals surface area contributed by atoms with Gasteiger partial charge in [-0.1, -0.05) is 12.1 Å². The van der Waals surface area contributed by atoms with Crippen LogP contribution in [0.2, 0.25) is 0 Å². The maximum atomic E-state index is 10.9. The molecule has 0 aliphatic rings. The second-order valence-electron chi connectivity index (χ2n) is 3.88. The predicted octanol–water partition coefficient (Wildman–Crippen LogP) is 3.19. The number of benzene rings is 1. The second kappa shape index (κ2) is 4.00. The van der Waals surface area contributed by atoms with Crippen molar-refractivity contribution >= 4 is 16.9 Å². The molecule has 4 heteroatoms. The summed E-state index contributed by atoms with van der Waals surface area (Å²) in [4.78, 5) is 15.1. The van der Waals surface area contributed by atoms with Crippen LogP contribution >= 0.6 is 0 Å². The summed E-state index contributed by atoms with van der Waals surface area (Å²) in [5.41, 5.74) is 2.31. The molecule has 1 N–H and O–H groups in total. The molecule has 0 saturated carbocycles. The highest BCUT2D eigenvalue weighted by atomic mass is 16.4. The number of hydrogen-bond acceptors (Lipinski definition) is 3. The van der Waals surface area contributed by atoms with Gasteiger partial charge in [-0.3, -0.25) is 4.98 Å². The molecule has 0 radical (unpaired) electrons. The van der Waals surface area contributed by atoms with Crippen molar-refractivity contribution in [2.45, 2.75) is 0 Å². The number of aromatic carboxylic acids is 1. The number of aromatic nitrogens is 1. The molecule has 0 aliphatic heterocycles. The van der Waals surface area contributed by atoms with Crippen molar-refractivity contribution in [2.75, 3.05) is 0 Å². The summed E-state index contributed by atoms with van der Waals surface area (Å²) in [6.07, 6.45) is 3.09. The molecule has 0 unspecified atom stereocenters. The van der Waals surface area contributed by atoms with Crippen molar-refractivity contribution in [3.05, 3.63) is 54.4 Å². The van der Waals surface area contributed by atoms with E-state index in [1.54, 1.807) is 12.3 Å². The van der Waals surface area contributed by atoms with E-state index in [1.165, 1.54) is 12.3 Å². The summed E-state index contributed by atoms with van der Waals surface area (Å²) in [6.45, 7) is 0. The Hall–Kier alpha value is -2.62. The van der Waals surface area contributed by atoms with Gasteiger partial charge in [0.05, 0.1) is 17.5 Å². The minimum absolute atomic E-state index is 0.212. The summed E-state index contributed by atoms with van der Waals surface area (Å²) in [5.74, 6) is -0.967. The third-order valence-corrected chi connectivity index (χ3v) is 2.76. The summed E-state index contributed by atoms with van der Waals surface area (Å²) in [7, 11) is 0. The average molecular weight is 239 g/mol. The number of carbonyl (C=O) groups is 1. The van der Waals surface area contributed by atoms with Crippen LogP contribution in [0, 0.1) is 0 Å². The van der Waals surface area contributed by atoms with E-state index in [0.29, 0.717) is 11.3 Å². The van der Waals surface area contributed by atoms with Gasteiger partial charge in [-0.15, -0.1) is 0 Å². The van der Waals surface area contributed by atoms with Gasteiger partial charge in [0.25, 0.3) is 0 Å². The smallest absolute Gasteiger partial charge is 0.335 e. The van der Waals surface area contributed by atoms with E-state index in [4.69, 9.17) is 9.52 Å². The molecule has 0 atom stereocenters. The Labute approximate surface area is 103 Å². The molecule has 0 fully saturated rings. The van der Waals surface area contributed by atoms with Crippen molar-refractivity contribution in [2.24, 2.45) is 0 Å². The van der Waals surface area contributed by atoms with Crippen LogP contribution in [0.5, 0.6) is 0 Å². The van der Waals surface area contributed by atoms with Gasteiger partial charge >= 0.3 is 5.97 Å². The molecule has 0 saturated heterocycles. The molecular formula is C14H9NO3. The highest BCUT2D eigenvalue weighted by Crippen LogP contribution is 2.28. The fourth-order valence-corrected chi connectivity index (χ4v) is 1.91. The van der Waals surface area contributed by atoms with Gasteiger partial charge in [0.2, 0.25) is 0 Å². The van der Waals surface area contributed by atoms with Crippen molar-refractivity contribution in [1.29, 1.82) is 0 Å². The lowest BCUT2D eigenvalue weighted by atomic mass is 10.1. The molecule has 0 amide bonds. The maximum Gasteiger partial charge on any atom is 0.335 e. The summed E-state index contributed by atoms with van der Waals surface area (Å²) < 4.78 is 5.42. The van der Waals surface area contributed by atoms with Gasteiger partial charge in [-0.2, -0.15) is 0 Å². The van der Waals surface area contributed by atoms with Crippen LogP contribution in [0.25, 0.3) is 22.2 Å². The monoisotopic (exact) mass is 239 g/mol. The Morgan fingerprint density at radius 2 is 2.11 bits per heavy atom. The van der Waals surface area contributed by atoms with Gasteiger partial charge in [0.15, 0.2) is 0 Å². The first kappa shape index (κ1) is 10.5. The standard InChI is InChI=1S/C14H9NO3/c16-14(17)10-4-6-15-12(8-10)11-3-1-2-9-5-7-18-13(9)11/h1-8H,(H,16,17). The van der Waals surface area contributed by atoms with Crippen LogP contribution in [0.15, 0.2) is 53.3 Å². The Morgan fingerprint density at radius 3 is 2.94 bits per heavy atom. The van der Waals surface area contributed by atoms with Gasteiger partial charge < -0.3 is 9.52 Å². The molecule has 2 heterocycles. The molecular weight excluding hydrogens is 230 g/mol. The number of pyridine rings is 1. The molecule has 4 nitrogen and oxygen atoms in total. The first-order valence-electron chi connectivity index (χ1n) is 5.41. The molecule has 18 heavy (non-hydrogen) atoms. The number of hydrogen-bond donors (Lipinski definition) is 1. The zero-order valence-corrected chi connectivity index (χ0v) is 9.33. The van der Waals surface area contributed by atoms with Crippen molar-refractivity contribution in [3.8, 4) is 11.3 Å². The molecule has 1 aromatic carbocycles. The first-order valence-corrected chi connectivity index (χ1v) is 5.41. The van der Waals surface area contributed by atoms with E-state index in [9.17, 15) is 4.79 Å². The van der Waals surface area contributed by atoms with E-state index < -0.39 is 5.97 Å². The van der Waals surface area contributed by atoms with Crippen molar-refractivity contribution in [3.63, 3.8) is 0 Å². The molecule has 2 aromatic heterocycles. The van der Waals surface area contributed by atoms with Gasteiger partial charge in [-0.25, -0.2) is 4.79 Å². The average Bonchev–Trinajstić information content (AvgIpc) is 2.87. The lowest BCUT2D eigenvalue weighted by Gasteiger charge is -2.02. The number of carboxylic acid groups (broad SMARTS) is 1. The topological polar surface area (TPSA) is 63.3 Å². The van der Waals surface area contributed by atoms with E-state index >= 15 is 0 Å². The van der Waals surface area contributed by atoms with Crippen molar-refractivity contribution < 1.29 is 14.3 Å². The lowest BCUT2D eigenvalue weighted by molar-refractivity contribution is 0.0697. The quantitative estimate of drug-likeness (QED) is 0.745. The Kier molecular flexibility index (Phi) is 2.34. The minimum atomic E-state index is -0.967. The van der Waals surface area contributed by atoms with Crippen LogP contribution in [0.1, 0.15) is 10.4 Å². The number of furan rings is 1. The Bertz CT molecular complexity index is 730. The molecule has 3 rings (SSSR count). The number of nitrogens with zero attached hydrogens (tertiary/aromatic N) is 1. The van der Waals surface area contributed by atoms with Crippen LogP contribution in [-0.2, 0) is 0 Å². The lowest BCUT2D eigenvalue weighted by Crippen LogP contribution is -1.97. The minimum Gasteiger partial charge on any atom is -0.478 e. The predicted molar refractivity (Wildman–Crippen MR) is 66.4 cm³/mol. The van der Waals surface area contributed by atoms with E-state index in [2.05, 4.69) is 4.98 Å². The largest absolute Gasteiger partial charge is 0.478 e. The van der Waals surface area contributed by atoms with Crippen LogP contribution < -0.4 is 0 Å². The fourth-order valence-electron chi connectivity index (χ4n) is 1.91. The summed E-state index contributed by atoms with van der Waals surface area (Å²) in [6, 6.07) is 10.6. The van der Waals surface area contributed by atoms with Crippen LogP contribution in [-0.4, -0.2) is 16.1 Å². The summed E-state index contributed by atoms with van der Waals surface area (Å²) >= 11 is 0. The second-order valence-corrected chi connectivity index (χ2v) is 3.88. The van der Waals surface area contributed by atoms with E-state index in [0.717, 1.165) is 10.9 Å². The molecule has 3 aromatic rings. The normalized spacial score (nSPS) is 10.7. The third kappa shape index (κ3) is 1.64. The zero-order valence-electron chi connectivity index (χ0n) is 9.33. The zero-order chi connectivity index (χ0) is 12.5. The highest BCUT2D eigenvalue weighted by molar-refractivity contribution is 5.94. The highest BCUT2D eigenvalue weighted by Gasteiger charge is 2.10. The Balaban J connectivity index is 2.23. The van der Waals surface area contributed by atoms with Gasteiger partial charge in [-0.05, 0) is 24.3 Å². The maximum absolute atomic E-state index is 10.9. The Morgan fingerprint density at radius 1 is 1.22 bits per heavy atom. The van der Waals surface area contributed by atoms with E-state index in [-0.39, 0.29) is 5.56 Å². The number of fused-ring (bicyclic) bond motifs is 1. The third-order valence-electron chi connectivity index (χ3n) is 2.76. The molecule has 0 aliphatic carbocycles. The van der Waals surface area contributed by atoms with Gasteiger partial charge in [0.1, 0.15) is 5.58 Å². The van der Waals surface area contributed by atoms with Crippen LogP contribution in [0.4, 0.5) is 0 Å². The number of para-hydroxylation sites is 1. The molecule has 88 valence electrons. The number of carboxylic acids is 1. The SMILES string of the molecule is O=C(O)c1ccnc(-c2cccc3ccoc23)c1. The van der Waals surface area contributed by atoms with E-state index in [1.807, 2.05) is 24.3 Å². The number of rotatable bonds is 2. The summed E-state index contributed by atoms with van der Waals surface area (Å²) in [5, 5.41) is 9.95. The molecule has 0 bridgehead atoms. The first-order chi connectivity index (χ1) is 8.75. The van der Waals surface area contributed by atoms with Gasteiger partial charge in [0, 0.05) is 17.1 Å². The fraction of sp³-hybridized carbons (Fsp3) is 0. The molecule has 0 spiro atoms. The van der Waals surface area contributed by atoms with Crippen molar-refractivity contribution in [1.82, 2.24) is 4.98 Å².